The predicted molar refractivity (Wildman–Crippen MR) is 82.5 cm³/mol. The lowest BCUT2D eigenvalue weighted by Crippen LogP contribution is -2.18. The Morgan fingerprint density at radius 2 is 2.05 bits per heavy atom. The molecule has 20 heavy (non-hydrogen) atoms. The maximum absolute atomic E-state index is 11.8. The van der Waals surface area contributed by atoms with Gasteiger partial charge in [-0.2, -0.15) is 5.10 Å². The maximum Gasteiger partial charge on any atom is 0.271 e. The van der Waals surface area contributed by atoms with Crippen molar-refractivity contribution in [3.63, 3.8) is 0 Å². The number of hydrazone groups is 1. The molecule has 1 aromatic carbocycles. The molecule has 2 aromatic rings. The highest BCUT2D eigenvalue weighted by Crippen LogP contribution is 2.10. The molecule has 5 heteroatoms. The lowest BCUT2D eigenvalue weighted by atomic mass is 10.2. The Balaban J connectivity index is 1.94. The van der Waals surface area contributed by atoms with E-state index in [0.717, 1.165) is 10.2 Å². The zero-order valence-corrected chi connectivity index (χ0v) is 12.4. The van der Waals surface area contributed by atoms with Gasteiger partial charge in [-0.15, -0.1) is 0 Å². The van der Waals surface area contributed by atoms with Crippen LogP contribution in [-0.4, -0.2) is 11.6 Å². The van der Waals surface area contributed by atoms with Gasteiger partial charge in [-0.25, -0.2) is 5.43 Å². The number of rotatable bonds is 4. The van der Waals surface area contributed by atoms with E-state index in [1.54, 1.807) is 37.5 Å². The quantitative estimate of drug-likeness (QED) is 0.682. The number of carbonyl (C=O) groups excluding carboxylic acids is 1. The summed E-state index contributed by atoms with van der Waals surface area (Å²) < 4.78 is 6.08. The Kier molecular flexibility index (Phi) is 4.90. The standard InChI is InChI=1S/C15H13BrN2O2/c1-11(4-9-14-3-2-10-20-14)17-18-15(19)12-5-7-13(16)8-6-12/h2-10H,1H3,(H,18,19). The lowest BCUT2D eigenvalue weighted by molar-refractivity contribution is 0.0955. The Hall–Kier alpha value is -2.14. The average Bonchev–Trinajstić information content (AvgIpc) is 2.96. The van der Waals surface area contributed by atoms with Crippen LogP contribution in [-0.2, 0) is 0 Å². The number of nitrogens with zero attached hydrogens (tertiary/aromatic N) is 1. The zero-order chi connectivity index (χ0) is 14.4. The van der Waals surface area contributed by atoms with E-state index in [1.807, 2.05) is 24.3 Å². The molecule has 0 aliphatic heterocycles. The van der Waals surface area contributed by atoms with E-state index in [4.69, 9.17) is 4.42 Å². The van der Waals surface area contributed by atoms with E-state index >= 15 is 0 Å². The third-order valence-corrected chi connectivity index (χ3v) is 3.00. The molecule has 1 heterocycles. The molecule has 0 aliphatic carbocycles. The van der Waals surface area contributed by atoms with Crippen LogP contribution in [0.5, 0.6) is 0 Å². The Morgan fingerprint density at radius 1 is 1.30 bits per heavy atom. The van der Waals surface area contributed by atoms with Crippen LogP contribution in [0, 0.1) is 0 Å². The third-order valence-electron chi connectivity index (χ3n) is 2.47. The van der Waals surface area contributed by atoms with E-state index in [9.17, 15) is 4.79 Å². The van der Waals surface area contributed by atoms with Gasteiger partial charge in [0.25, 0.3) is 5.91 Å². The minimum Gasteiger partial charge on any atom is -0.465 e. The first-order valence-electron chi connectivity index (χ1n) is 5.97. The Labute approximate surface area is 125 Å². The van der Waals surface area contributed by atoms with Crippen molar-refractivity contribution >= 4 is 33.6 Å². The molecule has 0 saturated heterocycles. The molecule has 0 saturated carbocycles. The molecule has 102 valence electrons. The number of halogens is 1. The highest BCUT2D eigenvalue weighted by atomic mass is 79.9. The predicted octanol–water partition coefficient (Wildman–Crippen LogP) is 3.86. The smallest absolute Gasteiger partial charge is 0.271 e. The van der Waals surface area contributed by atoms with Crippen molar-refractivity contribution < 1.29 is 9.21 Å². The van der Waals surface area contributed by atoms with E-state index < -0.39 is 0 Å². The van der Waals surface area contributed by atoms with Crippen LogP contribution in [0.25, 0.3) is 6.08 Å². The molecule has 0 unspecified atom stereocenters. The first-order chi connectivity index (χ1) is 9.65. The van der Waals surface area contributed by atoms with Crippen LogP contribution in [0.3, 0.4) is 0 Å². The minimum atomic E-state index is -0.247. The summed E-state index contributed by atoms with van der Waals surface area (Å²) in [7, 11) is 0. The Bertz CT molecular complexity index is 628. The van der Waals surface area contributed by atoms with E-state index in [2.05, 4.69) is 26.5 Å². The number of hydrogen-bond donors (Lipinski definition) is 1. The van der Waals surface area contributed by atoms with Gasteiger partial charge in [0, 0.05) is 10.0 Å². The van der Waals surface area contributed by atoms with Crippen LogP contribution in [0.1, 0.15) is 23.0 Å². The van der Waals surface area contributed by atoms with Crippen LogP contribution < -0.4 is 5.43 Å². The van der Waals surface area contributed by atoms with E-state index in [0.29, 0.717) is 11.3 Å². The molecule has 1 amide bonds. The summed E-state index contributed by atoms with van der Waals surface area (Å²) in [6.07, 6.45) is 5.15. The molecule has 0 atom stereocenters. The second-order valence-corrected chi connectivity index (χ2v) is 4.97. The van der Waals surface area contributed by atoms with Gasteiger partial charge >= 0.3 is 0 Å². The summed E-state index contributed by atoms with van der Waals surface area (Å²) in [5, 5.41) is 4.00. The molecule has 0 spiro atoms. The van der Waals surface area contributed by atoms with Crippen molar-refractivity contribution in [2.24, 2.45) is 5.10 Å². The fourth-order valence-corrected chi connectivity index (χ4v) is 1.70. The molecular formula is C15H13BrN2O2. The summed E-state index contributed by atoms with van der Waals surface area (Å²) >= 11 is 3.32. The molecular weight excluding hydrogens is 320 g/mol. The average molecular weight is 333 g/mol. The normalized spacial score (nSPS) is 11.8. The topological polar surface area (TPSA) is 54.6 Å². The molecule has 0 bridgehead atoms. The van der Waals surface area contributed by atoms with Crippen molar-refractivity contribution in [1.82, 2.24) is 5.43 Å². The van der Waals surface area contributed by atoms with Crippen LogP contribution in [0.15, 0.2) is 62.7 Å². The van der Waals surface area contributed by atoms with Gasteiger partial charge in [0.1, 0.15) is 5.76 Å². The van der Waals surface area contributed by atoms with Gasteiger partial charge in [0.2, 0.25) is 0 Å². The number of amides is 1. The van der Waals surface area contributed by atoms with Gasteiger partial charge in [-0.3, -0.25) is 4.79 Å². The fraction of sp³-hybridized carbons (Fsp3) is 0.0667. The number of benzene rings is 1. The van der Waals surface area contributed by atoms with Crippen molar-refractivity contribution in [3.05, 3.63) is 64.5 Å². The Morgan fingerprint density at radius 3 is 2.70 bits per heavy atom. The second kappa shape index (κ2) is 6.86. The third kappa shape index (κ3) is 4.20. The highest BCUT2D eigenvalue weighted by molar-refractivity contribution is 9.10. The molecule has 2 rings (SSSR count). The summed E-state index contributed by atoms with van der Waals surface area (Å²) in [5.74, 6) is 0.488. The van der Waals surface area contributed by atoms with Gasteiger partial charge < -0.3 is 4.42 Å². The number of carbonyl (C=O) groups is 1. The summed E-state index contributed by atoms with van der Waals surface area (Å²) in [6, 6.07) is 10.7. The van der Waals surface area contributed by atoms with Gasteiger partial charge in [-0.1, -0.05) is 15.9 Å². The number of hydrogen-bond acceptors (Lipinski definition) is 3. The van der Waals surface area contributed by atoms with Crippen molar-refractivity contribution in [2.45, 2.75) is 6.92 Å². The second-order valence-electron chi connectivity index (χ2n) is 4.05. The largest absolute Gasteiger partial charge is 0.465 e. The SMILES string of the molecule is CC(C=Cc1ccco1)=NNC(=O)c1ccc(Br)cc1. The van der Waals surface area contributed by atoms with Crippen molar-refractivity contribution in [2.75, 3.05) is 0 Å². The van der Waals surface area contributed by atoms with E-state index in [1.165, 1.54) is 0 Å². The zero-order valence-electron chi connectivity index (χ0n) is 10.8. The number of nitrogens with one attached hydrogen (secondary N) is 1. The summed E-state index contributed by atoms with van der Waals surface area (Å²) in [5.41, 5.74) is 3.73. The monoisotopic (exact) mass is 332 g/mol. The first kappa shape index (κ1) is 14.3. The molecule has 0 radical (unpaired) electrons. The van der Waals surface area contributed by atoms with Crippen molar-refractivity contribution in [1.29, 1.82) is 0 Å². The van der Waals surface area contributed by atoms with Crippen LogP contribution in [0.4, 0.5) is 0 Å². The van der Waals surface area contributed by atoms with E-state index in [-0.39, 0.29) is 5.91 Å². The molecule has 0 aliphatic rings. The summed E-state index contributed by atoms with van der Waals surface area (Å²) in [6.45, 7) is 1.79. The molecule has 4 nitrogen and oxygen atoms in total. The van der Waals surface area contributed by atoms with Crippen LogP contribution >= 0.6 is 15.9 Å². The number of allylic oxidation sites excluding steroid dienone is 1. The first-order valence-corrected chi connectivity index (χ1v) is 6.76. The fourth-order valence-electron chi connectivity index (χ4n) is 1.43. The molecule has 1 N–H and O–H groups in total. The van der Waals surface area contributed by atoms with Gasteiger partial charge in [-0.05, 0) is 55.5 Å². The maximum atomic E-state index is 11.8. The summed E-state index contributed by atoms with van der Waals surface area (Å²) in [4.78, 5) is 11.8. The lowest BCUT2D eigenvalue weighted by Gasteiger charge is -2.00. The molecule has 1 aromatic heterocycles. The van der Waals surface area contributed by atoms with Crippen molar-refractivity contribution in [3.8, 4) is 0 Å². The van der Waals surface area contributed by atoms with Gasteiger partial charge in [0.05, 0.1) is 12.0 Å². The number of furan rings is 1. The van der Waals surface area contributed by atoms with Gasteiger partial charge in [0.15, 0.2) is 0 Å². The minimum absolute atomic E-state index is 0.247. The highest BCUT2D eigenvalue weighted by Gasteiger charge is 2.03. The van der Waals surface area contributed by atoms with Crippen LogP contribution in [0.2, 0.25) is 0 Å². The molecule has 0 fully saturated rings.